The van der Waals surface area contributed by atoms with E-state index in [0.29, 0.717) is 26.2 Å². The number of carbonyl (C=O) groups is 1. The van der Waals surface area contributed by atoms with Crippen molar-refractivity contribution >= 4 is 16.0 Å². The summed E-state index contributed by atoms with van der Waals surface area (Å²) in [6.45, 7) is 7.70. The first kappa shape index (κ1) is 17.9. The highest BCUT2D eigenvalue weighted by molar-refractivity contribution is 7.89. The van der Waals surface area contributed by atoms with E-state index in [2.05, 4.69) is 20.8 Å². The van der Waals surface area contributed by atoms with Crippen LogP contribution >= 0.6 is 0 Å². The Balaban J connectivity index is 2.09. The Labute approximate surface area is 137 Å². The number of hydrogen-bond donors (Lipinski definition) is 1. The number of sulfonamides is 1. The molecule has 0 aromatic heterocycles. The molecule has 6 nitrogen and oxygen atoms in total. The van der Waals surface area contributed by atoms with Crippen LogP contribution in [0.15, 0.2) is 29.2 Å². The third-order valence-electron chi connectivity index (χ3n) is 4.05. The Morgan fingerprint density at radius 3 is 2.04 bits per heavy atom. The SMILES string of the molecule is CC(C)(C)c1ccc(S(=O)(=O)N2CCN(CC(=O)O)CC2)cc1. The molecule has 0 aliphatic carbocycles. The van der Waals surface area contributed by atoms with E-state index in [-0.39, 0.29) is 16.9 Å². The normalized spacial score (nSPS) is 18.0. The predicted octanol–water partition coefficient (Wildman–Crippen LogP) is 1.37. The molecule has 128 valence electrons. The maximum atomic E-state index is 12.7. The van der Waals surface area contributed by atoms with Crippen molar-refractivity contribution in [1.82, 2.24) is 9.21 Å². The summed E-state index contributed by atoms with van der Waals surface area (Å²) in [5.41, 5.74) is 1.06. The van der Waals surface area contributed by atoms with Gasteiger partial charge < -0.3 is 5.11 Å². The third kappa shape index (κ3) is 4.31. The predicted molar refractivity (Wildman–Crippen MR) is 88.0 cm³/mol. The Morgan fingerprint density at radius 1 is 1.09 bits per heavy atom. The Hall–Kier alpha value is -1.44. The molecule has 1 N–H and O–H groups in total. The fourth-order valence-corrected chi connectivity index (χ4v) is 4.02. The molecule has 1 saturated heterocycles. The van der Waals surface area contributed by atoms with Crippen LogP contribution in [0.2, 0.25) is 0 Å². The molecule has 1 aromatic rings. The maximum Gasteiger partial charge on any atom is 0.317 e. The van der Waals surface area contributed by atoms with Crippen molar-refractivity contribution in [2.24, 2.45) is 0 Å². The van der Waals surface area contributed by atoms with Crippen molar-refractivity contribution in [2.75, 3.05) is 32.7 Å². The average molecular weight is 340 g/mol. The smallest absolute Gasteiger partial charge is 0.317 e. The number of piperazine rings is 1. The minimum atomic E-state index is -3.52. The van der Waals surface area contributed by atoms with Crippen molar-refractivity contribution in [1.29, 1.82) is 0 Å². The van der Waals surface area contributed by atoms with Gasteiger partial charge in [0.05, 0.1) is 11.4 Å². The summed E-state index contributed by atoms with van der Waals surface area (Å²) >= 11 is 0. The second-order valence-electron chi connectivity index (χ2n) is 6.85. The van der Waals surface area contributed by atoms with Gasteiger partial charge in [0.15, 0.2) is 0 Å². The largest absolute Gasteiger partial charge is 0.480 e. The van der Waals surface area contributed by atoms with Gasteiger partial charge in [-0.25, -0.2) is 8.42 Å². The lowest BCUT2D eigenvalue weighted by Gasteiger charge is -2.33. The van der Waals surface area contributed by atoms with Gasteiger partial charge in [-0.05, 0) is 23.1 Å². The summed E-state index contributed by atoms with van der Waals surface area (Å²) in [4.78, 5) is 12.7. The van der Waals surface area contributed by atoms with Gasteiger partial charge in [0.2, 0.25) is 10.0 Å². The molecule has 1 fully saturated rings. The van der Waals surface area contributed by atoms with Crippen molar-refractivity contribution in [2.45, 2.75) is 31.1 Å². The Morgan fingerprint density at radius 2 is 1.61 bits per heavy atom. The van der Waals surface area contributed by atoms with Gasteiger partial charge in [0.1, 0.15) is 0 Å². The van der Waals surface area contributed by atoms with Crippen LogP contribution in [-0.4, -0.2) is 61.4 Å². The van der Waals surface area contributed by atoms with E-state index >= 15 is 0 Å². The highest BCUT2D eigenvalue weighted by atomic mass is 32.2. The monoisotopic (exact) mass is 340 g/mol. The molecule has 1 heterocycles. The van der Waals surface area contributed by atoms with Crippen molar-refractivity contribution in [3.05, 3.63) is 29.8 Å². The topological polar surface area (TPSA) is 77.9 Å². The number of nitrogens with zero attached hydrogens (tertiary/aromatic N) is 2. The Kier molecular flexibility index (Phi) is 5.13. The lowest BCUT2D eigenvalue weighted by Crippen LogP contribution is -2.49. The van der Waals surface area contributed by atoms with E-state index in [0.717, 1.165) is 5.56 Å². The summed E-state index contributed by atoms with van der Waals surface area (Å²) in [6, 6.07) is 7.01. The van der Waals surface area contributed by atoms with Crippen LogP contribution < -0.4 is 0 Å². The summed E-state index contributed by atoms with van der Waals surface area (Å²) in [5, 5.41) is 8.79. The molecule has 1 aromatic carbocycles. The first-order chi connectivity index (χ1) is 10.6. The zero-order valence-electron chi connectivity index (χ0n) is 13.8. The van der Waals surface area contributed by atoms with Crippen molar-refractivity contribution in [3.8, 4) is 0 Å². The van der Waals surface area contributed by atoms with Crippen LogP contribution in [0.4, 0.5) is 0 Å². The fourth-order valence-electron chi connectivity index (χ4n) is 2.60. The number of aliphatic carboxylic acids is 1. The zero-order chi connectivity index (χ0) is 17.3. The van der Waals surface area contributed by atoms with E-state index in [4.69, 9.17) is 5.11 Å². The molecule has 0 amide bonds. The minimum absolute atomic E-state index is 0.0231. The van der Waals surface area contributed by atoms with Crippen LogP contribution in [0, 0.1) is 0 Å². The number of benzene rings is 1. The highest BCUT2D eigenvalue weighted by Crippen LogP contribution is 2.25. The Bertz CT molecular complexity index is 654. The average Bonchev–Trinajstić information content (AvgIpc) is 2.46. The van der Waals surface area contributed by atoms with Crippen LogP contribution in [0.1, 0.15) is 26.3 Å². The van der Waals surface area contributed by atoms with Gasteiger partial charge in [-0.2, -0.15) is 4.31 Å². The lowest BCUT2D eigenvalue weighted by molar-refractivity contribution is -0.138. The van der Waals surface area contributed by atoms with Crippen molar-refractivity contribution in [3.63, 3.8) is 0 Å². The van der Waals surface area contributed by atoms with Gasteiger partial charge in [-0.3, -0.25) is 9.69 Å². The van der Waals surface area contributed by atoms with Gasteiger partial charge in [0.25, 0.3) is 0 Å². The van der Waals surface area contributed by atoms with E-state index < -0.39 is 16.0 Å². The molecule has 1 aliphatic rings. The highest BCUT2D eigenvalue weighted by Gasteiger charge is 2.29. The summed E-state index contributed by atoms with van der Waals surface area (Å²) in [6.07, 6.45) is 0. The first-order valence-electron chi connectivity index (χ1n) is 7.65. The number of carboxylic acid groups (broad SMARTS) is 1. The van der Waals surface area contributed by atoms with Crippen LogP contribution in [0.5, 0.6) is 0 Å². The van der Waals surface area contributed by atoms with Gasteiger partial charge in [0, 0.05) is 26.2 Å². The third-order valence-corrected chi connectivity index (χ3v) is 5.96. The van der Waals surface area contributed by atoms with E-state index in [1.165, 1.54) is 4.31 Å². The van der Waals surface area contributed by atoms with E-state index in [1.54, 1.807) is 17.0 Å². The second kappa shape index (κ2) is 6.59. The van der Waals surface area contributed by atoms with Gasteiger partial charge in [-0.1, -0.05) is 32.9 Å². The molecule has 0 saturated carbocycles. The van der Waals surface area contributed by atoms with Gasteiger partial charge in [-0.15, -0.1) is 0 Å². The van der Waals surface area contributed by atoms with Crippen LogP contribution in [0.25, 0.3) is 0 Å². The molecule has 0 unspecified atom stereocenters. The molecule has 23 heavy (non-hydrogen) atoms. The van der Waals surface area contributed by atoms with Crippen molar-refractivity contribution < 1.29 is 18.3 Å². The second-order valence-corrected chi connectivity index (χ2v) is 8.79. The lowest BCUT2D eigenvalue weighted by atomic mass is 9.87. The molecule has 7 heteroatoms. The minimum Gasteiger partial charge on any atom is -0.480 e. The molecule has 0 spiro atoms. The number of carboxylic acids is 1. The first-order valence-corrected chi connectivity index (χ1v) is 9.09. The molecule has 0 radical (unpaired) electrons. The number of rotatable bonds is 4. The molecular weight excluding hydrogens is 316 g/mol. The van der Waals surface area contributed by atoms with Crippen LogP contribution in [0.3, 0.4) is 0 Å². The summed E-state index contributed by atoms with van der Waals surface area (Å²) < 4.78 is 26.8. The molecule has 1 aliphatic heterocycles. The quantitative estimate of drug-likeness (QED) is 0.896. The standard InChI is InChI=1S/C16H24N2O4S/c1-16(2,3)13-4-6-14(7-5-13)23(21,22)18-10-8-17(9-11-18)12-15(19)20/h4-7H,8-12H2,1-3H3,(H,19,20). The molecular formula is C16H24N2O4S. The summed E-state index contributed by atoms with van der Waals surface area (Å²) in [5.74, 6) is -0.890. The van der Waals surface area contributed by atoms with E-state index in [1.807, 2.05) is 12.1 Å². The zero-order valence-corrected chi connectivity index (χ0v) is 14.6. The maximum absolute atomic E-state index is 12.7. The molecule has 2 rings (SSSR count). The van der Waals surface area contributed by atoms with Gasteiger partial charge >= 0.3 is 5.97 Å². The van der Waals surface area contributed by atoms with E-state index in [9.17, 15) is 13.2 Å². The summed E-state index contributed by atoms with van der Waals surface area (Å²) in [7, 11) is -3.52. The van der Waals surface area contributed by atoms with Crippen LogP contribution in [-0.2, 0) is 20.2 Å². The fraction of sp³-hybridized carbons (Fsp3) is 0.562. The molecule has 0 bridgehead atoms. The number of hydrogen-bond acceptors (Lipinski definition) is 4. The molecule has 0 atom stereocenters.